The summed E-state index contributed by atoms with van der Waals surface area (Å²) < 4.78 is 0. The lowest BCUT2D eigenvalue weighted by atomic mass is 10.1. The molecule has 0 bridgehead atoms. The van der Waals surface area contributed by atoms with E-state index in [0.29, 0.717) is 0 Å². The standard InChI is InChI=1S/C9H10O/c1-7-5-3-4-6-9(7)8(2)10/h3-6,10H,2H2,1H3. The molecule has 10 heavy (non-hydrogen) atoms. The van der Waals surface area contributed by atoms with Gasteiger partial charge in [-0.15, -0.1) is 0 Å². The molecule has 0 unspecified atom stereocenters. The fraction of sp³-hybridized carbons (Fsp3) is 0.111. The van der Waals surface area contributed by atoms with Gasteiger partial charge in [0.25, 0.3) is 0 Å². The summed E-state index contributed by atoms with van der Waals surface area (Å²) in [6.07, 6.45) is 0. The van der Waals surface area contributed by atoms with E-state index in [4.69, 9.17) is 5.11 Å². The molecule has 0 aliphatic heterocycles. The Morgan fingerprint density at radius 2 is 2.00 bits per heavy atom. The Kier molecular flexibility index (Phi) is 1.76. The first-order valence-corrected chi connectivity index (χ1v) is 3.15. The summed E-state index contributed by atoms with van der Waals surface area (Å²) >= 11 is 0. The van der Waals surface area contributed by atoms with Gasteiger partial charge in [0.05, 0.1) is 0 Å². The average molecular weight is 134 g/mol. The summed E-state index contributed by atoms with van der Waals surface area (Å²) in [4.78, 5) is 0. The minimum absolute atomic E-state index is 0.137. The van der Waals surface area contributed by atoms with Gasteiger partial charge in [0, 0.05) is 5.56 Å². The van der Waals surface area contributed by atoms with Crippen LogP contribution >= 0.6 is 0 Å². The predicted molar refractivity (Wildman–Crippen MR) is 42.8 cm³/mol. The quantitative estimate of drug-likeness (QED) is 0.585. The maximum absolute atomic E-state index is 9.01. The summed E-state index contributed by atoms with van der Waals surface area (Å²) in [5, 5.41) is 9.01. The smallest absolute Gasteiger partial charge is 0.115 e. The van der Waals surface area contributed by atoms with Crippen molar-refractivity contribution in [1.29, 1.82) is 0 Å². The number of hydrogen-bond donors (Lipinski definition) is 1. The molecule has 0 amide bonds. The van der Waals surface area contributed by atoms with Crippen LogP contribution in [0.15, 0.2) is 30.8 Å². The van der Waals surface area contributed by atoms with Gasteiger partial charge in [-0.25, -0.2) is 0 Å². The first kappa shape index (κ1) is 6.87. The first-order valence-electron chi connectivity index (χ1n) is 3.15. The van der Waals surface area contributed by atoms with Crippen molar-refractivity contribution in [1.82, 2.24) is 0 Å². The third-order valence-electron chi connectivity index (χ3n) is 1.46. The van der Waals surface area contributed by atoms with E-state index in [2.05, 4.69) is 6.58 Å². The third-order valence-corrected chi connectivity index (χ3v) is 1.46. The number of benzene rings is 1. The normalized spacial score (nSPS) is 9.30. The maximum Gasteiger partial charge on any atom is 0.115 e. The van der Waals surface area contributed by atoms with Crippen molar-refractivity contribution in [2.45, 2.75) is 6.92 Å². The number of hydrogen-bond acceptors (Lipinski definition) is 1. The van der Waals surface area contributed by atoms with E-state index < -0.39 is 0 Å². The third kappa shape index (κ3) is 1.18. The van der Waals surface area contributed by atoms with Gasteiger partial charge in [-0.1, -0.05) is 30.8 Å². The highest BCUT2D eigenvalue weighted by atomic mass is 16.3. The highest BCUT2D eigenvalue weighted by Gasteiger charge is 1.96. The first-order chi connectivity index (χ1) is 4.72. The average Bonchev–Trinajstić information content (AvgIpc) is 1.88. The second-order valence-corrected chi connectivity index (χ2v) is 2.26. The molecule has 1 rings (SSSR count). The van der Waals surface area contributed by atoms with Crippen molar-refractivity contribution in [2.24, 2.45) is 0 Å². The molecule has 0 aliphatic rings. The molecule has 0 heterocycles. The summed E-state index contributed by atoms with van der Waals surface area (Å²) in [5.74, 6) is 0.137. The number of aliphatic hydroxyl groups excluding tert-OH is 1. The van der Waals surface area contributed by atoms with Gasteiger partial charge in [-0.3, -0.25) is 0 Å². The van der Waals surface area contributed by atoms with Gasteiger partial charge in [-0.05, 0) is 12.5 Å². The highest BCUT2D eigenvalue weighted by Crippen LogP contribution is 2.13. The Bertz CT molecular complexity index is 251. The van der Waals surface area contributed by atoms with E-state index in [0.717, 1.165) is 11.1 Å². The van der Waals surface area contributed by atoms with Crippen LogP contribution in [-0.2, 0) is 0 Å². The van der Waals surface area contributed by atoms with Crippen LogP contribution in [0.2, 0.25) is 0 Å². The van der Waals surface area contributed by atoms with Gasteiger partial charge in [-0.2, -0.15) is 0 Å². The van der Waals surface area contributed by atoms with Crippen LogP contribution in [0.3, 0.4) is 0 Å². The van der Waals surface area contributed by atoms with Crippen LogP contribution < -0.4 is 0 Å². The molecule has 1 nitrogen and oxygen atoms in total. The molecule has 0 fully saturated rings. The van der Waals surface area contributed by atoms with E-state index in [-0.39, 0.29) is 5.76 Å². The molecule has 0 saturated carbocycles. The lowest BCUT2D eigenvalue weighted by Gasteiger charge is -2.00. The summed E-state index contributed by atoms with van der Waals surface area (Å²) in [5.41, 5.74) is 1.87. The van der Waals surface area contributed by atoms with Crippen molar-refractivity contribution < 1.29 is 5.11 Å². The van der Waals surface area contributed by atoms with Gasteiger partial charge < -0.3 is 5.11 Å². The van der Waals surface area contributed by atoms with Crippen LogP contribution in [0.4, 0.5) is 0 Å². The van der Waals surface area contributed by atoms with Crippen LogP contribution in [0.5, 0.6) is 0 Å². The van der Waals surface area contributed by atoms with Gasteiger partial charge in [0.2, 0.25) is 0 Å². The van der Waals surface area contributed by atoms with Crippen molar-refractivity contribution in [3.63, 3.8) is 0 Å². The Hall–Kier alpha value is -1.24. The van der Waals surface area contributed by atoms with E-state index in [1.807, 2.05) is 31.2 Å². The highest BCUT2D eigenvalue weighted by molar-refractivity contribution is 5.59. The predicted octanol–water partition coefficient (Wildman–Crippen LogP) is 2.52. The summed E-state index contributed by atoms with van der Waals surface area (Å²) in [6, 6.07) is 7.60. The van der Waals surface area contributed by atoms with Gasteiger partial charge in [0.15, 0.2) is 0 Å². The maximum atomic E-state index is 9.01. The number of rotatable bonds is 1. The molecule has 0 atom stereocenters. The van der Waals surface area contributed by atoms with E-state index in [1.54, 1.807) is 0 Å². The largest absolute Gasteiger partial charge is 0.508 e. The van der Waals surface area contributed by atoms with Gasteiger partial charge >= 0.3 is 0 Å². The second kappa shape index (κ2) is 2.56. The summed E-state index contributed by atoms with van der Waals surface area (Å²) in [6.45, 7) is 5.38. The lowest BCUT2D eigenvalue weighted by molar-refractivity contribution is 0.513. The topological polar surface area (TPSA) is 20.2 Å². The Morgan fingerprint density at radius 1 is 1.40 bits per heavy atom. The molecular weight excluding hydrogens is 124 g/mol. The minimum Gasteiger partial charge on any atom is -0.508 e. The zero-order valence-electron chi connectivity index (χ0n) is 5.96. The fourth-order valence-corrected chi connectivity index (χ4v) is 0.897. The Labute approximate surface area is 60.6 Å². The second-order valence-electron chi connectivity index (χ2n) is 2.26. The molecular formula is C9H10O. The van der Waals surface area contributed by atoms with Gasteiger partial charge in [0.1, 0.15) is 5.76 Å². The van der Waals surface area contributed by atoms with Crippen LogP contribution in [0, 0.1) is 6.92 Å². The molecule has 0 spiro atoms. The molecule has 1 heteroatoms. The molecule has 0 aromatic heterocycles. The van der Waals surface area contributed by atoms with E-state index >= 15 is 0 Å². The lowest BCUT2D eigenvalue weighted by Crippen LogP contribution is -1.84. The molecule has 0 radical (unpaired) electrons. The van der Waals surface area contributed by atoms with Crippen molar-refractivity contribution >= 4 is 5.76 Å². The zero-order chi connectivity index (χ0) is 7.56. The molecule has 1 aromatic carbocycles. The molecule has 1 aromatic rings. The van der Waals surface area contributed by atoms with Crippen LogP contribution in [-0.4, -0.2) is 5.11 Å². The molecule has 0 saturated heterocycles. The molecule has 52 valence electrons. The van der Waals surface area contributed by atoms with Crippen molar-refractivity contribution in [3.05, 3.63) is 42.0 Å². The Morgan fingerprint density at radius 3 is 2.40 bits per heavy atom. The Balaban J connectivity index is 3.15. The van der Waals surface area contributed by atoms with Crippen LogP contribution in [0.1, 0.15) is 11.1 Å². The fourth-order valence-electron chi connectivity index (χ4n) is 0.897. The van der Waals surface area contributed by atoms with E-state index in [9.17, 15) is 0 Å². The zero-order valence-corrected chi connectivity index (χ0v) is 5.96. The summed E-state index contributed by atoms with van der Waals surface area (Å²) in [7, 11) is 0. The van der Waals surface area contributed by atoms with Crippen molar-refractivity contribution in [3.8, 4) is 0 Å². The van der Waals surface area contributed by atoms with Crippen molar-refractivity contribution in [2.75, 3.05) is 0 Å². The minimum atomic E-state index is 0.137. The number of aryl methyl sites for hydroxylation is 1. The monoisotopic (exact) mass is 134 g/mol. The molecule has 1 N–H and O–H groups in total. The van der Waals surface area contributed by atoms with E-state index in [1.165, 1.54) is 0 Å². The van der Waals surface area contributed by atoms with Crippen LogP contribution in [0.25, 0.3) is 5.76 Å². The number of aliphatic hydroxyl groups is 1. The SMILES string of the molecule is C=C(O)c1ccccc1C. The molecule has 0 aliphatic carbocycles.